The van der Waals surface area contributed by atoms with Crippen molar-refractivity contribution in [2.45, 2.75) is 38.5 Å². The van der Waals surface area contributed by atoms with Crippen molar-refractivity contribution >= 4 is 5.97 Å². The lowest BCUT2D eigenvalue weighted by Gasteiger charge is -2.22. The summed E-state index contributed by atoms with van der Waals surface area (Å²) in [7, 11) is 0. The lowest BCUT2D eigenvalue weighted by molar-refractivity contribution is -0.136. The Morgan fingerprint density at radius 2 is 1.87 bits per heavy atom. The highest BCUT2D eigenvalue weighted by atomic mass is 19.1. The van der Waals surface area contributed by atoms with Crippen molar-refractivity contribution in [1.29, 1.82) is 0 Å². The van der Waals surface area contributed by atoms with Crippen molar-refractivity contribution in [2.24, 2.45) is 5.92 Å². The normalized spacial score (nSPS) is 15.6. The molecule has 0 bridgehead atoms. The minimum Gasteiger partial charge on any atom is -0.493 e. The Morgan fingerprint density at radius 1 is 1.22 bits per heavy atom. The molecule has 1 aliphatic heterocycles. The molecule has 2 N–H and O–H groups in total. The van der Waals surface area contributed by atoms with Crippen LogP contribution in [0.4, 0.5) is 8.78 Å². The topological polar surface area (TPSA) is 58.6 Å². The first kappa shape index (κ1) is 17.7. The molecule has 0 spiro atoms. The van der Waals surface area contributed by atoms with Gasteiger partial charge in [-0.05, 0) is 44.7 Å². The third-order valence-corrected chi connectivity index (χ3v) is 4.18. The van der Waals surface area contributed by atoms with Gasteiger partial charge in [-0.1, -0.05) is 6.42 Å². The Labute approximate surface area is 134 Å². The summed E-state index contributed by atoms with van der Waals surface area (Å²) in [6.45, 7) is 2.58. The van der Waals surface area contributed by atoms with Crippen molar-refractivity contribution in [3.8, 4) is 5.75 Å². The summed E-state index contributed by atoms with van der Waals surface area (Å²) in [4.78, 5) is 10.6. The highest BCUT2D eigenvalue weighted by Crippen LogP contribution is 2.22. The van der Waals surface area contributed by atoms with Crippen molar-refractivity contribution in [2.75, 3.05) is 19.7 Å². The van der Waals surface area contributed by atoms with Crippen molar-refractivity contribution in [1.82, 2.24) is 5.32 Å². The number of carboxylic acid groups (broad SMARTS) is 1. The second-order valence-electron chi connectivity index (χ2n) is 5.97. The Hall–Kier alpha value is -1.69. The minimum absolute atomic E-state index is 0.107. The molecule has 0 aromatic heterocycles. The number of aliphatic carboxylic acids is 1. The van der Waals surface area contributed by atoms with Crippen molar-refractivity contribution < 1.29 is 23.4 Å². The van der Waals surface area contributed by atoms with Gasteiger partial charge in [-0.25, -0.2) is 8.78 Å². The zero-order valence-electron chi connectivity index (χ0n) is 13.1. The molecule has 0 amide bonds. The molecule has 1 aliphatic rings. The van der Waals surface area contributed by atoms with Crippen LogP contribution < -0.4 is 10.1 Å². The third kappa shape index (κ3) is 5.78. The van der Waals surface area contributed by atoms with E-state index in [1.807, 2.05) is 0 Å². The number of benzene rings is 1. The molecule has 2 rings (SSSR count). The molecule has 1 heterocycles. The molecule has 0 atom stereocenters. The maximum absolute atomic E-state index is 13.7. The standard InChI is InChI=1S/C17H23F2NO3/c18-15-9-13(10-16(19)14(15)11-17(21)22)23-8-2-1-3-12-4-6-20-7-5-12/h9-10,12,20H,1-8,11H2,(H,21,22). The van der Waals surface area contributed by atoms with Crippen LogP contribution in [0.1, 0.15) is 37.7 Å². The van der Waals surface area contributed by atoms with Crippen molar-refractivity contribution in [3.63, 3.8) is 0 Å². The van der Waals surface area contributed by atoms with E-state index in [-0.39, 0.29) is 5.75 Å². The predicted octanol–water partition coefficient (Wildman–Crippen LogP) is 3.14. The van der Waals surface area contributed by atoms with Crippen LogP contribution in [0.5, 0.6) is 5.75 Å². The van der Waals surface area contributed by atoms with E-state index < -0.39 is 29.6 Å². The first-order valence-corrected chi connectivity index (χ1v) is 8.09. The highest BCUT2D eigenvalue weighted by molar-refractivity contribution is 5.70. The number of rotatable bonds is 8. The lowest BCUT2D eigenvalue weighted by Crippen LogP contribution is -2.27. The maximum Gasteiger partial charge on any atom is 0.308 e. The van der Waals surface area contributed by atoms with Crippen LogP contribution in [0.25, 0.3) is 0 Å². The first-order valence-electron chi connectivity index (χ1n) is 8.09. The number of ether oxygens (including phenoxy) is 1. The molecule has 0 radical (unpaired) electrons. The van der Waals surface area contributed by atoms with E-state index in [2.05, 4.69) is 5.32 Å². The number of carbonyl (C=O) groups is 1. The molecule has 1 saturated heterocycles. The van der Waals surface area contributed by atoms with E-state index >= 15 is 0 Å². The van der Waals surface area contributed by atoms with Gasteiger partial charge in [-0.3, -0.25) is 4.79 Å². The van der Waals surface area contributed by atoms with E-state index in [9.17, 15) is 13.6 Å². The van der Waals surface area contributed by atoms with Crippen LogP contribution in [0.15, 0.2) is 12.1 Å². The molecule has 6 heteroatoms. The van der Waals surface area contributed by atoms with Crippen LogP contribution in [-0.2, 0) is 11.2 Å². The van der Waals surface area contributed by atoms with E-state index in [4.69, 9.17) is 9.84 Å². The molecule has 1 aromatic rings. The molecule has 0 aliphatic carbocycles. The summed E-state index contributed by atoms with van der Waals surface area (Å²) in [6.07, 6.45) is 4.78. The first-order chi connectivity index (χ1) is 11.1. The second kappa shape index (κ2) is 8.82. The summed E-state index contributed by atoms with van der Waals surface area (Å²) >= 11 is 0. The van der Waals surface area contributed by atoms with Gasteiger partial charge in [-0.15, -0.1) is 0 Å². The summed E-state index contributed by atoms with van der Waals surface area (Å²) < 4.78 is 32.8. The summed E-state index contributed by atoms with van der Waals surface area (Å²) in [5.41, 5.74) is -0.434. The third-order valence-electron chi connectivity index (χ3n) is 4.18. The monoisotopic (exact) mass is 327 g/mol. The number of piperidine rings is 1. The average molecular weight is 327 g/mol. The van der Waals surface area contributed by atoms with Crippen LogP contribution >= 0.6 is 0 Å². The number of halogens is 2. The van der Waals surface area contributed by atoms with E-state index in [0.717, 1.165) is 50.4 Å². The molecule has 0 unspecified atom stereocenters. The Balaban J connectivity index is 1.74. The smallest absolute Gasteiger partial charge is 0.308 e. The molecule has 1 fully saturated rings. The second-order valence-corrected chi connectivity index (χ2v) is 5.97. The summed E-state index contributed by atoms with van der Waals surface area (Å²) in [5, 5.41) is 12.0. The van der Waals surface area contributed by atoms with Gasteiger partial charge in [0, 0.05) is 17.7 Å². The zero-order valence-corrected chi connectivity index (χ0v) is 13.1. The fraction of sp³-hybridized carbons (Fsp3) is 0.588. The van der Waals surface area contributed by atoms with E-state index in [1.54, 1.807) is 0 Å². The van der Waals surface area contributed by atoms with Crippen LogP contribution in [0, 0.1) is 17.6 Å². The highest BCUT2D eigenvalue weighted by Gasteiger charge is 2.15. The number of unbranched alkanes of at least 4 members (excludes halogenated alkanes) is 1. The fourth-order valence-corrected chi connectivity index (χ4v) is 2.88. The minimum atomic E-state index is -1.27. The predicted molar refractivity (Wildman–Crippen MR) is 82.6 cm³/mol. The molecule has 1 aromatic carbocycles. The van der Waals surface area contributed by atoms with Gasteiger partial charge in [-0.2, -0.15) is 0 Å². The van der Waals surface area contributed by atoms with Crippen molar-refractivity contribution in [3.05, 3.63) is 29.3 Å². The van der Waals surface area contributed by atoms with Gasteiger partial charge in [0.1, 0.15) is 17.4 Å². The summed E-state index contributed by atoms with van der Waals surface area (Å²) in [6, 6.07) is 2.10. The Kier molecular flexibility index (Phi) is 6.77. The quantitative estimate of drug-likeness (QED) is 0.720. The van der Waals surface area contributed by atoms with Crippen LogP contribution in [0.2, 0.25) is 0 Å². The van der Waals surface area contributed by atoms with Gasteiger partial charge in [0.2, 0.25) is 0 Å². The molecule has 23 heavy (non-hydrogen) atoms. The number of hydrogen-bond donors (Lipinski definition) is 2. The van der Waals surface area contributed by atoms with E-state index in [0.29, 0.717) is 6.61 Å². The maximum atomic E-state index is 13.7. The molecule has 128 valence electrons. The summed E-state index contributed by atoms with van der Waals surface area (Å²) in [5.74, 6) is -2.15. The molecule has 0 saturated carbocycles. The number of carboxylic acids is 1. The van der Waals surface area contributed by atoms with Crippen LogP contribution in [0.3, 0.4) is 0 Å². The Morgan fingerprint density at radius 3 is 2.48 bits per heavy atom. The molecule has 4 nitrogen and oxygen atoms in total. The number of hydrogen-bond acceptors (Lipinski definition) is 3. The van der Waals surface area contributed by atoms with Gasteiger partial charge < -0.3 is 15.2 Å². The lowest BCUT2D eigenvalue weighted by atomic mass is 9.93. The molecular formula is C17H23F2NO3. The SMILES string of the molecule is O=C(O)Cc1c(F)cc(OCCCCC2CCNCC2)cc1F. The Bertz CT molecular complexity index is 508. The largest absolute Gasteiger partial charge is 0.493 e. The van der Waals surface area contributed by atoms with Gasteiger partial charge >= 0.3 is 5.97 Å². The number of nitrogens with one attached hydrogen (secondary N) is 1. The fourth-order valence-electron chi connectivity index (χ4n) is 2.88. The van der Waals surface area contributed by atoms with Gasteiger partial charge in [0.05, 0.1) is 13.0 Å². The zero-order chi connectivity index (χ0) is 16.7. The van der Waals surface area contributed by atoms with Gasteiger partial charge in [0.15, 0.2) is 0 Å². The van der Waals surface area contributed by atoms with E-state index in [1.165, 1.54) is 12.8 Å². The average Bonchev–Trinajstić information content (AvgIpc) is 2.51. The molecular weight excluding hydrogens is 304 g/mol. The van der Waals surface area contributed by atoms with Gasteiger partial charge in [0.25, 0.3) is 0 Å². The van der Waals surface area contributed by atoms with Crippen LogP contribution in [-0.4, -0.2) is 30.8 Å².